The Labute approximate surface area is 70.0 Å². The predicted octanol–water partition coefficient (Wildman–Crippen LogP) is 2.48. The summed E-state index contributed by atoms with van der Waals surface area (Å²) < 4.78 is 3.32. The average Bonchev–Trinajstić information content (AvgIpc) is 1.88. The third-order valence-electron chi connectivity index (χ3n) is 0.999. The van der Waals surface area contributed by atoms with Crippen LogP contribution in [-0.2, 0) is 12.8 Å². The highest BCUT2D eigenvalue weighted by Gasteiger charge is 1.91. The standard InChI is InChI=1S/C7H4ClNS/c8-7-3-1-2-6(4-7)5-9-10/h1-4H. The first-order valence-corrected chi connectivity index (χ1v) is 3.41. The summed E-state index contributed by atoms with van der Waals surface area (Å²) in [6.45, 7) is 0. The first-order valence-electron chi connectivity index (χ1n) is 2.67. The Balaban J connectivity index is 3.03. The second kappa shape index (κ2) is 3.40. The lowest BCUT2D eigenvalue weighted by Crippen LogP contribution is -1.70. The van der Waals surface area contributed by atoms with Crippen LogP contribution in [0.5, 0.6) is 0 Å². The van der Waals surface area contributed by atoms with Gasteiger partial charge in [-0.25, -0.2) is 0 Å². The number of hydrogen-bond donors (Lipinski definition) is 0. The van der Waals surface area contributed by atoms with E-state index in [1.807, 2.05) is 12.1 Å². The summed E-state index contributed by atoms with van der Waals surface area (Å²) in [5, 5.41) is 0.670. The molecule has 0 fully saturated rings. The molecule has 0 heterocycles. The molecule has 10 heavy (non-hydrogen) atoms. The Morgan fingerprint density at radius 2 is 2.30 bits per heavy atom. The Kier molecular flexibility index (Phi) is 2.49. The van der Waals surface area contributed by atoms with Gasteiger partial charge >= 0.3 is 0 Å². The monoisotopic (exact) mass is 169 g/mol. The highest BCUT2D eigenvalue weighted by Crippen LogP contribution is 2.09. The summed E-state index contributed by atoms with van der Waals surface area (Å²) in [5.41, 5.74) is 0.808. The van der Waals surface area contributed by atoms with E-state index in [4.69, 9.17) is 11.6 Å². The van der Waals surface area contributed by atoms with Crippen LogP contribution in [0.3, 0.4) is 0 Å². The largest absolute Gasteiger partial charge is 0.291 e. The number of nitrogens with zero attached hydrogens (tertiary/aromatic N) is 1. The predicted molar refractivity (Wildman–Crippen MR) is 45.2 cm³/mol. The molecule has 50 valence electrons. The molecule has 3 heteroatoms. The molecule has 0 saturated heterocycles. The lowest BCUT2D eigenvalue weighted by molar-refractivity contribution is 1.65. The van der Waals surface area contributed by atoms with E-state index in [0.717, 1.165) is 5.56 Å². The molecule has 0 N–H and O–H groups in total. The van der Waals surface area contributed by atoms with Crippen LogP contribution >= 0.6 is 11.6 Å². The normalized spacial score (nSPS) is 8.10. The SMILES string of the molecule is [S-][N+]#Cc1cccc(Cl)c1. The molecule has 0 aliphatic rings. The number of rotatable bonds is 0. The van der Waals surface area contributed by atoms with Gasteiger partial charge < -0.3 is 0 Å². The summed E-state index contributed by atoms with van der Waals surface area (Å²) in [7, 11) is 0. The van der Waals surface area contributed by atoms with Crippen LogP contribution in [0.1, 0.15) is 5.56 Å². The van der Waals surface area contributed by atoms with E-state index in [1.54, 1.807) is 12.1 Å². The van der Waals surface area contributed by atoms with Gasteiger partial charge in [-0.15, -0.1) is 0 Å². The average molecular weight is 170 g/mol. The second-order valence-electron chi connectivity index (χ2n) is 1.71. The minimum atomic E-state index is 0.670. The topological polar surface area (TPSA) is 4.36 Å². The lowest BCUT2D eigenvalue weighted by atomic mass is 10.2. The van der Waals surface area contributed by atoms with Gasteiger partial charge in [-0.05, 0) is 18.2 Å². The molecule has 0 bridgehead atoms. The van der Waals surface area contributed by atoms with Gasteiger partial charge in [0.05, 0.1) is 0 Å². The van der Waals surface area contributed by atoms with Crippen molar-refractivity contribution in [2.24, 2.45) is 0 Å². The summed E-state index contributed by atoms with van der Waals surface area (Å²) in [6.07, 6.45) is 0. The molecule has 0 saturated carbocycles. The molecule has 0 amide bonds. The van der Waals surface area contributed by atoms with Crippen molar-refractivity contribution in [3.8, 4) is 6.07 Å². The van der Waals surface area contributed by atoms with Crippen LogP contribution in [-0.4, -0.2) is 0 Å². The van der Waals surface area contributed by atoms with E-state index in [9.17, 15) is 0 Å². The fourth-order valence-corrected chi connectivity index (χ4v) is 0.906. The number of halogens is 1. The van der Waals surface area contributed by atoms with Gasteiger partial charge in [0, 0.05) is 5.02 Å². The Morgan fingerprint density at radius 3 is 2.90 bits per heavy atom. The van der Waals surface area contributed by atoms with Crippen LogP contribution in [0.15, 0.2) is 24.3 Å². The summed E-state index contributed by atoms with van der Waals surface area (Å²) >= 11 is 10.0. The van der Waals surface area contributed by atoms with Gasteiger partial charge in [0.15, 0.2) is 0 Å². The minimum absolute atomic E-state index is 0.670. The van der Waals surface area contributed by atoms with Crippen LogP contribution < -0.4 is 0 Å². The third kappa shape index (κ3) is 1.87. The van der Waals surface area contributed by atoms with Crippen molar-refractivity contribution in [3.63, 3.8) is 0 Å². The van der Waals surface area contributed by atoms with E-state index in [-0.39, 0.29) is 0 Å². The van der Waals surface area contributed by atoms with Crippen molar-refractivity contribution < 1.29 is 0 Å². The molecule has 0 unspecified atom stereocenters. The maximum absolute atomic E-state index is 5.66. The molecular weight excluding hydrogens is 166 g/mol. The van der Waals surface area contributed by atoms with Crippen molar-refractivity contribution in [2.45, 2.75) is 0 Å². The van der Waals surface area contributed by atoms with Crippen LogP contribution in [0, 0.1) is 6.07 Å². The molecule has 0 aliphatic heterocycles. The van der Waals surface area contributed by atoms with E-state index in [1.165, 1.54) is 0 Å². The quantitative estimate of drug-likeness (QED) is 0.540. The van der Waals surface area contributed by atoms with Crippen LogP contribution in [0.25, 0.3) is 4.25 Å². The van der Waals surface area contributed by atoms with E-state index < -0.39 is 0 Å². The first-order chi connectivity index (χ1) is 4.83. The maximum atomic E-state index is 5.66. The van der Waals surface area contributed by atoms with Gasteiger partial charge in [-0.2, -0.15) is 4.25 Å². The van der Waals surface area contributed by atoms with E-state index in [2.05, 4.69) is 23.1 Å². The highest BCUT2D eigenvalue weighted by atomic mass is 35.5. The van der Waals surface area contributed by atoms with Crippen molar-refractivity contribution >= 4 is 24.4 Å². The first kappa shape index (κ1) is 7.33. The maximum Gasteiger partial charge on any atom is 0.291 e. The minimum Gasteiger partial charge on any atom is -0.263 e. The second-order valence-corrected chi connectivity index (χ2v) is 2.33. The van der Waals surface area contributed by atoms with Gasteiger partial charge in [0.1, 0.15) is 5.56 Å². The fraction of sp³-hybridized carbons (Fsp3) is 0. The number of benzene rings is 1. The van der Waals surface area contributed by atoms with Gasteiger partial charge in [-0.1, -0.05) is 17.7 Å². The van der Waals surface area contributed by atoms with Crippen molar-refractivity contribution in [3.05, 3.63) is 39.1 Å². The molecule has 1 aromatic carbocycles. The summed E-state index contributed by atoms with van der Waals surface area (Å²) in [5.74, 6) is 0. The van der Waals surface area contributed by atoms with Gasteiger partial charge in [0.2, 0.25) is 0 Å². The zero-order chi connectivity index (χ0) is 7.40. The molecule has 0 radical (unpaired) electrons. The summed E-state index contributed by atoms with van der Waals surface area (Å²) in [6, 6.07) is 9.80. The third-order valence-corrected chi connectivity index (χ3v) is 1.33. The number of hydrogen-bond acceptors (Lipinski definition) is 1. The summed E-state index contributed by atoms with van der Waals surface area (Å²) in [4.78, 5) is 0. The zero-order valence-electron chi connectivity index (χ0n) is 5.04. The fourth-order valence-electron chi connectivity index (χ4n) is 0.611. The van der Waals surface area contributed by atoms with Crippen molar-refractivity contribution in [1.82, 2.24) is 0 Å². The Hall–Kier alpha value is -0.780. The molecular formula is C7H4ClNS. The smallest absolute Gasteiger partial charge is 0.263 e. The molecule has 0 aliphatic carbocycles. The van der Waals surface area contributed by atoms with Gasteiger partial charge in [-0.3, -0.25) is 12.8 Å². The van der Waals surface area contributed by atoms with Crippen LogP contribution in [0.4, 0.5) is 0 Å². The molecule has 1 nitrogen and oxygen atoms in total. The zero-order valence-corrected chi connectivity index (χ0v) is 6.62. The van der Waals surface area contributed by atoms with E-state index >= 15 is 0 Å². The van der Waals surface area contributed by atoms with Crippen molar-refractivity contribution in [2.75, 3.05) is 0 Å². The van der Waals surface area contributed by atoms with Crippen molar-refractivity contribution in [1.29, 1.82) is 0 Å². The Bertz CT molecular complexity index is 287. The van der Waals surface area contributed by atoms with Gasteiger partial charge in [0.25, 0.3) is 6.07 Å². The lowest BCUT2D eigenvalue weighted by Gasteiger charge is -1.85. The molecule has 1 aromatic rings. The highest BCUT2D eigenvalue weighted by molar-refractivity contribution is 7.61. The van der Waals surface area contributed by atoms with Crippen LogP contribution in [0.2, 0.25) is 5.02 Å². The molecule has 0 aromatic heterocycles. The molecule has 0 atom stereocenters. The molecule has 0 spiro atoms. The van der Waals surface area contributed by atoms with E-state index in [0.29, 0.717) is 5.02 Å². The Morgan fingerprint density at radius 1 is 1.50 bits per heavy atom. The molecule has 1 rings (SSSR count).